The maximum atomic E-state index is 11.8. The highest BCUT2D eigenvalue weighted by molar-refractivity contribution is 5.78. The molecule has 0 aliphatic heterocycles. The van der Waals surface area contributed by atoms with Crippen LogP contribution in [0.1, 0.15) is 30.4 Å². The van der Waals surface area contributed by atoms with E-state index in [9.17, 15) is 9.90 Å². The minimum atomic E-state index is -0.163. The van der Waals surface area contributed by atoms with Crippen LogP contribution in [0.15, 0.2) is 24.3 Å². The standard InChI is InChI=1S/C15H21NO2/c1-11-2-4-12(5-3-11)9-15(18)16-10-13-6-7-14(17)8-13/h2-5,13-14,17H,6-10H2,1H3,(H,16,18). The van der Waals surface area contributed by atoms with Gasteiger partial charge in [-0.15, -0.1) is 0 Å². The zero-order valence-corrected chi connectivity index (χ0v) is 10.9. The van der Waals surface area contributed by atoms with Crippen LogP contribution in [-0.2, 0) is 11.2 Å². The van der Waals surface area contributed by atoms with E-state index in [1.54, 1.807) is 0 Å². The van der Waals surface area contributed by atoms with E-state index in [0.29, 0.717) is 18.9 Å². The molecule has 0 spiro atoms. The monoisotopic (exact) mass is 247 g/mol. The van der Waals surface area contributed by atoms with Gasteiger partial charge in [-0.1, -0.05) is 29.8 Å². The molecule has 0 bridgehead atoms. The second-order valence-corrected chi connectivity index (χ2v) is 5.30. The Bertz CT molecular complexity index is 399. The lowest BCUT2D eigenvalue weighted by Crippen LogP contribution is -2.29. The molecule has 1 fully saturated rings. The normalized spacial score (nSPS) is 23.0. The van der Waals surface area contributed by atoms with Crippen LogP contribution in [0.25, 0.3) is 0 Å². The lowest BCUT2D eigenvalue weighted by molar-refractivity contribution is -0.120. The molecule has 1 aromatic rings. The number of hydrogen-bond donors (Lipinski definition) is 2. The van der Waals surface area contributed by atoms with Crippen LogP contribution in [0.4, 0.5) is 0 Å². The Morgan fingerprint density at radius 3 is 2.67 bits per heavy atom. The molecule has 0 heterocycles. The number of hydrogen-bond acceptors (Lipinski definition) is 2. The highest BCUT2D eigenvalue weighted by Gasteiger charge is 2.22. The Labute approximate surface area is 108 Å². The molecule has 2 N–H and O–H groups in total. The van der Waals surface area contributed by atoms with Crippen molar-refractivity contribution in [2.24, 2.45) is 5.92 Å². The Morgan fingerprint density at radius 2 is 2.06 bits per heavy atom. The zero-order valence-electron chi connectivity index (χ0n) is 10.9. The maximum Gasteiger partial charge on any atom is 0.224 e. The highest BCUT2D eigenvalue weighted by Crippen LogP contribution is 2.24. The molecular weight excluding hydrogens is 226 g/mol. The molecule has 1 aliphatic carbocycles. The third-order valence-electron chi connectivity index (χ3n) is 3.59. The topological polar surface area (TPSA) is 49.3 Å². The Balaban J connectivity index is 1.73. The number of nitrogens with one attached hydrogen (secondary N) is 1. The van der Waals surface area contributed by atoms with Crippen molar-refractivity contribution in [1.82, 2.24) is 5.32 Å². The van der Waals surface area contributed by atoms with E-state index in [2.05, 4.69) is 5.32 Å². The molecule has 1 saturated carbocycles. The predicted octanol–water partition coefficient (Wildman–Crippen LogP) is 1.81. The van der Waals surface area contributed by atoms with Crippen molar-refractivity contribution in [2.75, 3.05) is 6.54 Å². The summed E-state index contributed by atoms with van der Waals surface area (Å²) in [5.41, 5.74) is 2.25. The van der Waals surface area contributed by atoms with E-state index in [1.807, 2.05) is 31.2 Å². The van der Waals surface area contributed by atoms with E-state index in [4.69, 9.17) is 0 Å². The van der Waals surface area contributed by atoms with Crippen molar-refractivity contribution < 1.29 is 9.90 Å². The number of amides is 1. The summed E-state index contributed by atoms with van der Waals surface area (Å²) in [6, 6.07) is 8.04. The van der Waals surface area contributed by atoms with Gasteiger partial charge in [0.1, 0.15) is 0 Å². The van der Waals surface area contributed by atoms with E-state index < -0.39 is 0 Å². The molecule has 3 nitrogen and oxygen atoms in total. The van der Waals surface area contributed by atoms with Crippen molar-refractivity contribution in [3.8, 4) is 0 Å². The molecule has 2 rings (SSSR count). The van der Waals surface area contributed by atoms with Gasteiger partial charge in [-0.25, -0.2) is 0 Å². The predicted molar refractivity (Wildman–Crippen MR) is 71.2 cm³/mol. The summed E-state index contributed by atoms with van der Waals surface area (Å²) in [6.45, 7) is 2.73. The minimum Gasteiger partial charge on any atom is -0.393 e. The first-order valence-electron chi connectivity index (χ1n) is 6.64. The lowest BCUT2D eigenvalue weighted by atomic mass is 10.1. The van der Waals surface area contributed by atoms with Gasteiger partial charge in [0.25, 0.3) is 0 Å². The van der Waals surface area contributed by atoms with Gasteiger partial charge in [-0.3, -0.25) is 4.79 Å². The van der Waals surface area contributed by atoms with Gasteiger partial charge in [0, 0.05) is 6.54 Å². The molecule has 18 heavy (non-hydrogen) atoms. The second-order valence-electron chi connectivity index (χ2n) is 5.30. The summed E-state index contributed by atoms with van der Waals surface area (Å²) in [5.74, 6) is 0.516. The third-order valence-corrected chi connectivity index (χ3v) is 3.59. The average molecular weight is 247 g/mol. The van der Waals surface area contributed by atoms with Gasteiger partial charge in [0.05, 0.1) is 12.5 Å². The van der Waals surface area contributed by atoms with Gasteiger partial charge in [0.2, 0.25) is 5.91 Å². The van der Waals surface area contributed by atoms with Gasteiger partial charge in [-0.05, 0) is 37.7 Å². The van der Waals surface area contributed by atoms with Crippen molar-refractivity contribution in [3.05, 3.63) is 35.4 Å². The van der Waals surface area contributed by atoms with Crippen molar-refractivity contribution in [2.45, 2.75) is 38.7 Å². The van der Waals surface area contributed by atoms with Gasteiger partial charge < -0.3 is 10.4 Å². The largest absolute Gasteiger partial charge is 0.393 e. The number of benzene rings is 1. The molecule has 2 atom stereocenters. The molecule has 2 unspecified atom stereocenters. The van der Waals surface area contributed by atoms with E-state index in [1.165, 1.54) is 5.56 Å². The van der Waals surface area contributed by atoms with Crippen LogP contribution in [0.3, 0.4) is 0 Å². The van der Waals surface area contributed by atoms with E-state index in [-0.39, 0.29) is 12.0 Å². The number of carbonyl (C=O) groups excluding carboxylic acids is 1. The first-order chi connectivity index (χ1) is 8.63. The quantitative estimate of drug-likeness (QED) is 0.852. The maximum absolute atomic E-state index is 11.8. The molecule has 0 saturated heterocycles. The Hall–Kier alpha value is -1.35. The van der Waals surface area contributed by atoms with Crippen LogP contribution in [-0.4, -0.2) is 23.7 Å². The summed E-state index contributed by atoms with van der Waals surface area (Å²) < 4.78 is 0. The molecule has 1 aromatic carbocycles. The van der Waals surface area contributed by atoms with Gasteiger partial charge in [0.15, 0.2) is 0 Å². The molecular formula is C15H21NO2. The van der Waals surface area contributed by atoms with Gasteiger partial charge in [-0.2, -0.15) is 0 Å². The first-order valence-corrected chi connectivity index (χ1v) is 6.64. The number of aliphatic hydroxyl groups excluding tert-OH is 1. The fourth-order valence-electron chi connectivity index (χ4n) is 2.45. The fraction of sp³-hybridized carbons (Fsp3) is 0.533. The zero-order chi connectivity index (χ0) is 13.0. The van der Waals surface area contributed by atoms with Crippen LogP contribution in [0, 0.1) is 12.8 Å². The second kappa shape index (κ2) is 6.01. The molecule has 3 heteroatoms. The first kappa shape index (κ1) is 13.1. The summed E-state index contributed by atoms with van der Waals surface area (Å²) in [6.07, 6.45) is 2.99. The molecule has 1 aliphatic rings. The number of aliphatic hydroxyl groups is 1. The number of carbonyl (C=O) groups is 1. The molecule has 0 aromatic heterocycles. The minimum absolute atomic E-state index is 0.0697. The summed E-state index contributed by atoms with van der Waals surface area (Å²) in [5, 5.41) is 12.4. The molecule has 0 radical (unpaired) electrons. The van der Waals surface area contributed by atoms with Crippen molar-refractivity contribution in [3.63, 3.8) is 0 Å². The van der Waals surface area contributed by atoms with E-state index in [0.717, 1.165) is 24.8 Å². The smallest absolute Gasteiger partial charge is 0.224 e. The third kappa shape index (κ3) is 3.84. The van der Waals surface area contributed by atoms with Crippen LogP contribution >= 0.6 is 0 Å². The van der Waals surface area contributed by atoms with Crippen LogP contribution < -0.4 is 5.32 Å². The molecule has 98 valence electrons. The fourth-order valence-corrected chi connectivity index (χ4v) is 2.45. The summed E-state index contributed by atoms with van der Waals surface area (Å²) in [4.78, 5) is 11.8. The van der Waals surface area contributed by atoms with Crippen molar-refractivity contribution >= 4 is 5.91 Å². The summed E-state index contributed by atoms with van der Waals surface area (Å²) in [7, 11) is 0. The Morgan fingerprint density at radius 1 is 1.33 bits per heavy atom. The van der Waals surface area contributed by atoms with Gasteiger partial charge >= 0.3 is 0 Å². The van der Waals surface area contributed by atoms with Crippen molar-refractivity contribution in [1.29, 1.82) is 0 Å². The van der Waals surface area contributed by atoms with E-state index >= 15 is 0 Å². The number of rotatable bonds is 4. The Kier molecular flexibility index (Phi) is 4.37. The highest BCUT2D eigenvalue weighted by atomic mass is 16.3. The summed E-state index contributed by atoms with van der Waals surface area (Å²) >= 11 is 0. The number of aryl methyl sites for hydroxylation is 1. The molecule has 1 amide bonds. The van der Waals surface area contributed by atoms with Crippen LogP contribution in [0.5, 0.6) is 0 Å². The van der Waals surface area contributed by atoms with Crippen LogP contribution in [0.2, 0.25) is 0 Å². The average Bonchev–Trinajstić information content (AvgIpc) is 2.76. The lowest BCUT2D eigenvalue weighted by Gasteiger charge is -2.11. The SMILES string of the molecule is Cc1ccc(CC(=O)NCC2CCC(O)C2)cc1.